The molecule has 2 aromatic rings. The molecule has 13 heavy (non-hydrogen) atoms. The minimum absolute atomic E-state index is 0.911. The number of hydrogen-bond donors (Lipinski definition) is 2. The minimum Gasteiger partial charge on any atom is -0.323 e. The Morgan fingerprint density at radius 2 is 2.15 bits per heavy atom. The molecule has 0 unspecified atom stereocenters. The number of nitrogens with zero attached hydrogens (tertiary/aromatic N) is 1. The van der Waals surface area contributed by atoms with Crippen molar-refractivity contribution in [2.24, 2.45) is 5.84 Å². The highest BCUT2D eigenvalue weighted by molar-refractivity contribution is 5.91. The molecular weight excluding hydrogens is 162 g/mol. The molecule has 0 saturated carbocycles. The number of hydrogen-bond acceptors (Lipinski definition) is 3. The lowest BCUT2D eigenvalue weighted by Crippen LogP contribution is -2.07. The molecule has 0 aliphatic rings. The van der Waals surface area contributed by atoms with Gasteiger partial charge < -0.3 is 5.43 Å². The van der Waals surface area contributed by atoms with E-state index < -0.39 is 0 Å². The Bertz CT molecular complexity index is 437. The fraction of sp³-hybridized carbons (Fsp3) is 0.100. The van der Waals surface area contributed by atoms with E-state index in [-0.39, 0.29) is 0 Å². The Morgan fingerprint density at radius 3 is 2.92 bits per heavy atom. The van der Waals surface area contributed by atoms with E-state index in [1.807, 2.05) is 25.1 Å². The molecule has 0 bridgehead atoms. The van der Waals surface area contributed by atoms with E-state index in [0.29, 0.717) is 0 Å². The third-order valence-corrected chi connectivity index (χ3v) is 2.05. The van der Waals surface area contributed by atoms with Crippen LogP contribution in [0, 0.1) is 6.92 Å². The molecule has 1 aromatic carbocycles. The number of nitrogens with two attached hydrogens (primary N) is 1. The first-order valence-electron chi connectivity index (χ1n) is 4.13. The lowest BCUT2D eigenvalue weighted by atomic mass is 10.1. The Labute approximate surface area is 76.6 Å². The fourth-order valence-electron chi connectivity index (χ4n) is 1.39. The third kappa shape index (κ3) is 1.34. The SMILES string of the molecule is Cc1ccc2nccc(NN)c2c1. The van der Waals surface area contributed by atoms with E-state index in [4.69, 9.17) is 5.84 Å². The van der Waals surface area contributed by atoms with Gasteiger partial charge in [-0.2, -0.15) is 0 Å². The van der Waals surface area contributed by atoms with Crippen LogP contribution in [0.2, 0.25) is 0 Å². The molecule has 0 saturated heterocycles. The summed E-state index contributed by atoms with van der Waals surface area (Å²) in [5.41, 5.74) is 5.73. The maximum atomic E-state index is 5.39. The van der Waals surface area contributed by atoms with Gasteiger partial charge in [0.1, 0.15) is 0 Å². The number of benzene rings is 1. The number of nitrogen functional groups attached to an aromatic ring is 1. The molecule has 2 rings (SSSR count). The van der Waals surface area contributed by atoms with Crippen LogP contribution >= 0.6 is 0 Å². The number of aryl methyl sites for hydroxylation is 1. The second kappa shape index (κ2) is 3.03. The molecule has 0 radical (unpaired) electrons. The Hall–Kier alpha value is -1.61. The first kappa shape index (κ1) is 8.01. The molecule has 3 N–H and O–H groups in total. The number of aromatic nitrogens is 1. The van der Waals surface area contributed by atoms with Crippen molar-refractivity contribution in [3.05, 3.63) is 36.0 Å². The maximum absolute atomic E-state index is 5.39. The average molecular weight is 173 g/mol. The summed E-state index contributed by atoms with van der Waals surface area (Å²) in [4.78, 5) is 4.24. The number of fused-ring (bicyclic) bond motifs is 1. The van der Waals surface area contributed by atoms with E-state index >= 15 is 0 Å². The van der Waals surface area contributed by atoms with Crippen LogP contribution in [0.5, 0.6) is 0 Å². The molecule has 1 heterocycles. The highest BCUT2D eigenvalue weighted by atomic mass is 15.2. The summed E-state index contributed by atoms with van der Waals surface area (Å²) >= 11 is 0. The molecule has 0 amide bonds. The zero-order valence-electron chi connectivity index (χ0n) is 7.41. The van der Waals surface area contributed by atoms with E-state index in [0.717, 1.165) is 16.6 Å². The quantitative estimate of drug-likeness (QED) is 0.511. The van der Waals surface area contributed by atoms with Gasteiger partial charge in [0.2, 0.25) is 0 Å². The van der Waals surface area contributed by atoms with Crippen LogP contribution in [0.3, 0.4) is 0 Å². The monoisotopic (exact) mass is 173 g/mol. The second-order valence-corrected chi connectivity index (χ2v) is 3.02. The summed E-state index contributed by atoms with van der Waals surface area (Å²) in [6.45, 7) is 2.05. The molecule has 0 spiro atoms. The summed E-state index contributed by atoms with van der Waals surface area (Å²) in [5.74, 6) is 5.39. The number of rotatable bonds is 1. The topological polar surface area (TPSA) is 50.9 Å². The molecule has 3 heteroatoms. The Morgan fingerprint density at radius 1 is 1.31 bits per heavy atom. The number of hydrazine groups is 1. The Balaban J connectivity index is 2.79. The van der Waals surface area contributed by atoms with Crippen LogP contribution < -0.4 is 11.3 Å². The van der Waals surface area contributed by atoms with Gasteiger partial charge in [0.15, 0.2) is 0 Å². The van der Waals surface area contributed by atoms with Gasteiger partial charge in [-0.15, -0.1) is 0 Å². The lowest BCUT2D eigenvalue weighted by molar-refractivity contribution is 1.33. The molecule has 3 nitrogen and oxygen atoms in total. The summed E-state index contributed by atoms with van der Waals surface area (Å²) in [5, 5.41) is 1.06. The van der Waals surface area contributed by atoms with E-state index in [2.05, 4.69) is 16.5 Å². The minimum atomic E-state index is 0.911. The molecule has 0 fully saturated rings. The van der Waals surface area contributed by atoms with Crippen molar-refractivity contribution in [1.82, 2.24) is 4.98 Å². The van der Waals surface area contributed by atoms with Crippen molar-refractivity contribution in [2.75, 3.05) is 5.43 Å². The maximum Gasteiger partial charge on any atom is 0.0723 e. The smallest absolute Gasteiger partial charge is 0.0723 e. The predicted octanol–water partition coefficient (Wildman–Crippen LogP) is 1.83. The van der Waals surface area contributed by atoms with Crippen LogP contribution in [0.15, 0.2) is 30.5 Å². The van der Waals surface area contributed by atoms with Gasteiger partial charge in [-0.3, -0.25) is 10.8 Å². The van der Waals surface area contributed by atoms with Crippen molar-refractivity contribution in [3.63, 3.8) is 0 Å². The van der Waals surface area contributed by atoms with Crippen LogP contribution in [-0.2, 0) is 0 Å². The normalized spacial score (nSPS) is 10.3. The Kier molecular flexibility index (Phi) is 1.87. The lowest BCUT2D eigenvalue weighted by Gasteiger charge is -2.04. The van der Waals surface area contributed by atoms with Crippen LogP contribution in [-0.4, -0.2) is 4.98 Å². The highest BCUT2D eigenvalue weighted by Gasteiger charge is 1.99. The van der Waals surface area contributed by atoms with Crippen molar-refractivity contribution >= 4 is 16.6 Å². The molecule has 0 aliphatic heterocycles. The van der Waals surface area contributed by atoms with Gasteiger partial charge in [0, 0.05) is 11.6 Å². The molecular formula is C10H11N3. The van der Waals surface area contributed by atoms with E-state index in [9.17, 15) is 0 Å². The zero-order valence-corrected chi connectivity index (χ0v) is 7.41. The van der Waals surface area contributed by atoms with Gasteiger partial charge in [0.25, 0.3) is 0 Å². The summed E-state index contributed by atoms with van der Waals surface area (Å²) in [6, 6.07) is 7.96. The van der Waals surface area contributed by atoms with Crippen molar-refractivity contribution in [2.45, 2.75) is 6.92 Å². The average Bonchev–Trinajstić information content (AvgIpc) is 2.17. The van der Waals surface area contributed by atoms with Crippen LogP contribution in [0.25, 0.3) is 10.9 Å². The third-order valence-electron chi connectivity index (χ3n) is 2.05. The largest absolute Gasteiger partial charge is 0.323 e. The molecule has 66 valence electrons. The van der Waals surface area contributed by atoms with Gasteiger partial charge in [-0.1, -0.05) is 11.6 Å². The number of nitrogens with one attached hydrogen (secondary N) is 1. The first-order chi connectivity index (χ1) is 6.31. The van der Waals surface area contributed by atoms with Gasteiger partial charge >= 0.3 is 0 Å². The van der Waals surface area contributed by atoms with Crippen molar-refractivity contribution in [1.29, 1.82) is 0 Å². The van der Waals surface area contributed by atoms with Gasteiger partial charge in [-0.05, 0) is 25.1 Å². The van der Waals surface area contributed by atoms with Crippen LogP contribution in [0.1, 0.15) is 5.56 Å². The van der Waals surface area contributed by atoms with Crippen molar-refractivity contribution < 1.29 is 0 Å². The molecule has 0 atom stereocenters. The summed E-state index contributed by atoms with van der Waals surface area (Å²) in [6.07, 6.45) is 1.74. The van der Waals surface area contributed by atoms with Gasteiger partial charge in [0.05, 0.1) is 11.2 Å². The summed E-state index contributed by atoms with van der Waals surface area (Å²) < 4.78 is 0. The zero-order chi connectivity index (χ0) is 9.26. The first-order valence-corrected chi connectivity index (χ1v) is 4.13. The number of anilines is 1. The fourth-order valence-corrected chi connectivity index (χ4v) is 1.39. The second-order valence-electron chi connectivity index (χ2n) is 3.02. The molecule has 0 aliphatic carbocycles. The van der Waals surface area contributed by atoms with E-state index in [1.54, 1.807) is 6.20 Å². The summed E-state index contributed by atoms with van der Waals surface area (Å²) in [7, 11) is 0. The highest BCUT2D eigenvalue weighted by Crippen LogP contribution is 2.21. The standard InChI is InChI=1S/C10H11N3/c1-7-2-3-9-8(6-7)10(13-11)4-5-12-9/h2-6H,11H2,1H3,(H,12,13). The predicted molar refractivity (Wildman–Crippen MR) is 54.3 cm³/mol. The van der Waals surface area contributed by atoms with Gasteiger partial charge in [-0.25, -0.2) is 0 Å². The van der Waals surface area contributed by atoms with Crippen molar-refractivity contribution in [3.8, 4) is 0 Å². The van der Waals surface area contributed by atoms with Crippen LogP contribution in [0.4, 0.5) is 5.69 Å². The molecule has 1 aromatic heterocycles. The number of pyridine rings is 1. The van der Waals surface area contributed by atoms with E-state index in [1.165, 1.54) is 5.56 Å².